The van der Waals surface area contributed by atoms with Crippen molar-refractivity contribution in [2.45, 2.75) is 19.0 Å². The zero-order chi connectivity index (χ0) is 24.7. The van der Waals surface area contributed by atoms with Gasteiger partial charge in [-0.1, -0.05) is 36.4 Å². The van der Waals surface area contributed by atoms with Gasteiger partial charge in [0, 0.05) is 18.2 Å². The van der Waals surface area contributed by atoms with Gasteiger partial charge in [0.05, 0.1) is 16.6 Å². The number of rotatable bonds is 5. The quantitative estimate of drug-likeness (QED) is 0.311. The minimum atomic E-state index is -4.46. The molecule has 5 aromatic rings. The molecule has 0 radical (unpaired) electrons. The van der Waals surface area contributed by atoms with Crippen LogP contribution in [0.4, 0.5) is 17.6 Å². The Balaban J connectivity index is 1.61. The van der Waals surface area contributed by atoms with Gasteiger partial charge < -0.3 is 9.67 Å². The van der Waals surface area contributed by atoms with Crippen molar-refractivity contribution in [2.75, 3.05) is 0 Å². The van der Waals surface area contributed by atoms with E-state index in [1.54, 1.807) is 23.7 Å². The second-order valence-corrected chi connectivity index (χ2v) is 8.22. The molecule has 178 valence electrons. The molecule has 0 saturated heterocycles. The predicted octanol–water partition coefficient (Wildman–Crippen LogP) is 6.07. The Morgan fingerprint density at radius 1 is 0.886 bits per heavy atom. The normalized spacial score (nSPS) is 11.9. The van der Waals surface area contributed by atoms with Crippen molar-refractivity contribution in [3.63, 3.8) is 0 Å². The fraction of sp³-hybridized carbons (Fsp3) is 0.154. The number of imidazole rings is 1. The van der Waals surface area contributed by atoms with Gasteiger partial charge >= 0.3 is 6.18 Å². The van der Waals surface area contributed by atoms with E-state index < -0.39 is 11.7 Å². The molecule has 5 nitrogen and oxygen atoms in total. The number of hydrogen-bond donors (Lipinski definition) is 1. The van der Waals surface area contributed by atoms with E-state index in [-0.39, 0.29) is 11.7 Å². The molecule has 5 rings (SSSR count). The SMILES string of the molecule is Cn1c(-n2nc(-c3ccc(C(F)(F)F)cc3)c(CCc3ccc(F)cc3)c2O)nc2ccccc21. The summed E-state index contributed by atoms with van der Waals surface area (Å²) in [5, 5.41) is 15.8. The third kappa shape index (κ3) is 4.25. The first-order chi connectivity index (χ1) is 16.7. The number of halogens is 4. The van der Waals surface area contributed by atoms with Gasteiger partial charge in [0.1, 0.15) is 11.5 Å². The Morgan fingerprint density at radius 2 is 1.57 bits per heavy atom. The summed E-state index contributed by atoms with van der Waals surface area (Å²) < 4.78 is 55.6. The van der Waals surface area contributed by atoms with Crippen LogP contribution in [0.3, 0.4) is 0 Å². The molecule has 0 aliphatic heterocycles. The third-order valence-electron chi connectivity index (χ3n) is 5.97. The molecule has 0 spiro atoms. The van der Waals surface area contributed by atoms with Crippen LogP contribution in [-0.4, -0.2) is 24.4 Å². The Hall–Kier alpha value is -4.14. The summed E-state index contributed by atoms with van der Waals surface area (Å²) in [7, 11) is 1.79. The number of aryl methyl sites for hydroxylation is 2. The van der Waals surface area contributed by atoms with Crippen molar-refractivity contribution < 1.29 is 22.7 Å². The van der Waals surface area contributed by atoms with E-state index in [0.29, 0.717) is 41.1 Å². The molecule has 0 atom stereocenters. The molecule has 35 heavy (non-hydrogen) atoms. The van der Waals surface area contributed by atoms with E-state index in [2.05, 4.69) is 10.1 Å². The molecule has 0 saturated carbocycles. The number of nitrogens with zero attached hydrogens (tertiary/aromatic N) is 4. The van der Waals surface area contributed by atoms with Gasteiger partial charge in [-0.3, -0.25) is 0 Å². The topological polar surface area (TPSA) is 55.9 Å². The standard InChI is InChI=1S/C26H20F4N4O/c1-33-22-5-3-2-4-21(22)31-25(33)34-24(35)20(15-8-16-6-13-19(27)14-7-16)23(32-34)17-9-11-18(12-10-17)26(28,29)30/h2-7,9-14,35H,8,15H2,1H3. The molecule has 1 N–H and O–H groups in total. The van der Waals surface area contributed by atoms with Crippen LogP contribution in [0.1, 0.15) is 16.7 Å². The molecular formula is C26H20F4N4O. The average Bonchev–Trinajstić information content (AvgIpc) is 3.35. The monoisotopic (exact) mass is 480 g/mol. The van der Waals surface area contributed by atoms with E-state index in [9.17, 15) is 22.7 Å². The fourth-order valence-corrected chi connectivity index (χ4v) is 4.10. The Labute approximate surface area is 197 Å². The average molecular weight is 480 g/mol. The highest BCUT2D eigenvalue weighted by atomic mass is 19.4. The largest absolute Gasteiger partial charge is 0.493 e. The highest BCUT2D eigenvalue weighted by molar-refractivity contribution is 5.77. The lowest BCUT2D eigenvalue weighted by Gasteiger charge is -2.08. The Kier molecular flexibility index (Phi) is 5.55. The van der Waals surface area contributed by atoms with E-state index in [1.807, 2.05) is 24.3 Å². The van der Waals surface area contributed by atoms with Crippen molar-refractivity contribution >= 4 is 11.0 Å². The first-order valence-electron chi connectivity index (χ1n) is 10.9. The minimum Gasteiger partial charge on any atom is -0.493 e. The lowest BCUT2D eigenvalue weighted by molar-refractivity contribution is -0.137. The minimum absolute atomic E-state index is 0.152. The maximum Gasteiger partial charge on any atom is 0.416 e. The molecule has 0 aliphatic rings. The summed E-state index contributed by atoms with van der Waals surface area (Å²) in [6.45, 7) is 0. The van der Waals surface area contributed by atoms with Crippen LogP contribution in [0.5, 0.6) is 5.88 Å². The van der Waals surface area contributed by atoms with Crippen LogP contribution in [0, 0.1) is 5.82 Å². The lowest BCUT2D eigenvalue weighted by Crippen LogP contribution is -2.05. The molecule has 0 bridgehead atoms. The summed E-state index contributed by atoms with van der Waals surface area (Å²) >= 11 is 0. The van der Waals surface area contributed by atoms with Gasteiger partial charge in [-0.25, -0.2) is 9.37 Å². The summed E-state index contributed by atoms with van der Waals surface area (Å²) in [5.74, 6) is -0.137. The van der Waals surface area contributed by atoms with Gasteiger partial charge in [-0.05, 0) is 54.8 Å². The second kappa shape index (κ2) is 8.57. The summed E-state index contributed by atoms with van der Waals surface area (Å²) in [5.41, 5.74) is 2.87. The number of alkyl halides is 3. The molecule has 2 heterocycles. The van der Waals surface area contributed by atoms with E-state index in [4.69, 9.17) is 0 Å². The zero-order valence-electron chi connectivity index (χ0n) is 18.6. The van der Waals surface area contributed by atoms with Crippen LogP contribution in [0.25, 0.3) is 28.2 Å². The summed E-state index contributed by atoms with van der Waals surface area (Å²) in [6, 6.07) is 18.1. The van der Waals surface area contributed by atoms with Crippen LogP contribution in [0.15, 0.2) is 72.8 Å². The number of aromatic nitrogens is 4. The zero-order valence-corrected chi connectivity index (χ0v) is 18.6. The summed E-state index contributed by atoms with van der Waals surface area (Å²) in [4.78, 5) is 4.58. The molecule has 0 amide bonds. The van der Waals surface area contributed by atoms with Crippen molar-refractivity contribution in [1.82, 2.24) is 19.3 Å². The van der Waals surface area contributed by atoms with Crippen LogP contribution in [-0.2, 0) is 26.1 Å². The summed E-state index contributed by atoms with van der Waals surface area (Å²) in [6.07, 6.45) is -3.66. The van der Waals surface area contributed by atoms with Gasteiger partial charge in [0.15, 0.2) is 0 Å². The number of para-hydroxylation sites is 2. The first kappa shape index (κ1) is 22.6. The van der Waals surface area contributed by atoms with Crippen molar-refractivity contribution in [3.8, 4) is 23.1 Å². The molecule has 3 aromatic carbocycles. The molecule has 0 fully saturated rings. The Bertz CT molecular complexity index is 1500. The highest BCUT2D eigenvalue weighted by Gasteiger charge is 2.30. The smallest absolute Gasteiger partial charge is 0.416 e. The molecule has 2 aromatic heterocycles. The van der Waals surface area contributed by atoms with Crippen LogP contribution < -0.4 is 0 Å². The third-order valence-corrected chi connectivity index (χ3v) is 5.97. The molecule has 0 unspecified atom stereocenters. The molecular weight excluding hydrogens is 460 g/mol. The van der Waals surface area contributed by atoms with Crippen LogP contribution in [0.2, 0.25) is 0 Å². The second-order valence-electron chi connectivity index (χ2n) is 8.22. The van der Waals surface area contributed by atoms with E-state index in [0.717, 1.165) is 23.2 Å². The Morgan fingerprint density at radius 3 is 2.23 bits per heavy atom. The highest BCUT2D eigenvalue weighted by Crippen LogP contribution is 2.35. The maximum absolute atomic E-state index is 13.3. The number of fused-ring (bicyclic) bond motifs is 1. The van der Waals surface area contributed by atoms with Gasteiger partial charge in [-0.2, -0.15) is 23.0 Å². The van der Waals surface area contributed by atoms with E-state index in [1.165, 1.54) is 28.9 Å². The van der Waals surface area contributed by atoms with Crippen molar-refractivity contribution in [3.05, 3.63) is 95.3 Å². The molecule has 0 aliphatic carbocycles. The van der Waals surface area contributed by atoms with Gasteiger partial charge in [0.25, 0.3) is 0 Å². The maximum atomic E-state index is 13.3. The fourth-order valence-electron chi connectivity index (χ4n) is 4.10. The molecule has 9 heteroatoms. The number of benzene rings is 3. The van der Waals surface area contributed by atoms with Crippen LogP contribution >= 0.6 is 0 Å². The number of hydrogen-bond acceptors (Lipinski definition) is 3. The predicted molar refractivity (Wildman–Crippen MR) is 124 cm³/mol. The van der Waals surface area contributed by atoms with Gasteiger partial charge in [0.2, 0.25) is 11.8 Å². The first-order valence-corrected chi connectivity index (χ1v) is 10.9. The van der Waals surface area contributed by atoms with Crippen molar-refractivity contribution in [2.24, 2.45) is 7.05 Å². The lowest BCUT2D eigenvalue weighted by atomic mass is 10.0. The van der Waals surface area contributed by atoms with Gasteiger partial charge in [-0.15, -0.1) is 0 Å². The number of aromatic hydroxyl groups is 1. The van der Waals surface area contributed by atoms with E-state index >= 15 is 0 Å². The van der Waals surface area contributed by atoms with Crippen molar-refractivity contribution in [1.29, 1.82) is 0 Å².